The fourth-order valence-electron chi connectivity index (χ4n) is 1.87. The molecule has 0 bridgehead atoms. The summed E-state index contributed by atoms with van der Waals surface area (Å²) >= 11 is 0. The number of rotatable bonds is 4. The van der Waals surface area contributed by atoms with Gasteiger partial charge in [0.2, 0.25) is 0 Å². The van der Waals surface area contributed by atoms with Gasteiger partial charge in [0.05, 0.1) is 0 Å². The van der Waals surface area contributed by atoms with Crippen LogP contribution in [0.4, 0.5) is 0 Å². The minimum absolute atomic E-state index is 0.564. The molecule has 1 heteroatoms. The molecule has 0 heterocycles. The maximum Gasteiger partial charge on any atom is 0.150 e. The summed E-state index contributed by atoms with van der Waals surface area (Å²) in [7, 11) is 0. The van der Waals surface area contributed by atoms with Gasteiger partial charge in [0.1, 0.15) is 6.29 Å². The largest absolute Gasteiger partial charge is 0.298 e. The molecule has 0 atom stereocenters. The van der Waals surface area contributed by atoms with Gasteiger partial charge in [-0.1, -0.05) is 74.5 Å². The van der Waals surface area contributed by atoms with Crippen LogP contribution in [0.3, 0.4) is 0 Å². The van der Waals surface area contributed by atoms with Crippen molar-refractivity contribution in [3.8, 4) is 0 Å². The molecular formula is C18H18O. The monoisotopic (exact) mass is 250 g/mol. The predicted octanol–water partition coefficient (Wildman–Crippen LogP) is 4.79. The zero-order chi connectivity index (χ0) is 13.7. The van der Waals surface area contributed by atoms with Crippen LogP contribution in [-0.4, -0.2) is 6.29 Å². The summed E-state index contributed by atoms with van der Waals surface area (Å²) in [4.78, 5) is 10.6. The van der Waals surface area contributed by atoms with Gasteiger partial charge < -0.3 is 0 Å². The second-order valence-corrected chi connectivity index (χ2v) is 4.94. The Kier molecular flexibility index (Phi) is 4.30. The van der Waals surface area contributed by atoms with Gasteiger partial charge in [-0.05, 0) is 22.6 Å². The molecule has 2 rings (SSSR count). The fraction of sp³-hybridized carbons (Fsp3) is 0.167. The Balaban J connectivity index is 2.10. The van der Waals surface area contributed by atoms with E-state index in [0.717, 1.165) is 11.8 Å². The van der Waals surface area contributed by atoms with E-state index in [0.29, 0.717) is 11.5 Å². The lowest BCUT2D eigenvalue weighted by molar-refractivity contribution is 0.112. The van der Waals surface area contributed by atoms with E-state index in [2.05, 4.69) is 50.3 Å². The molecule has 0 aliphatic heterocycles. The zero-order valence-corrected chi connectivity index (χ0v) is 11.3. The van der Waals surface area contributed by atoms with Crippen LogP contribution in [0.5, 0.6) is 0 Å². The number of hydrogen-bond donors (Lipinski definition) is 0. The van der Waals surface area contributed by atoms with Gasteiger partial charge in [0.25, 0.3) is 0 Å². The molecule has 96 valence electrons. The number of carbonyl (C=O) groups is 1. The van der Waals surface area contributed by atoms with Gasteiger partial charge in [0.15, 0.2) is 0 Å². The lowest BCUT2D eigenvalue weighted by Crippen LogP contribution is -1.85. The first-order valence-corrected chi connectivity index (χ1v) is 6.52. The quantitative estimate of drug-likeness (QED) is 0.563. The van der Waals surface area contributed by atoms with Crippen LogP contribution in [0.25, 0.3) is 12.2 Å². The molecular weight excluding hydrogens is 232 g/mol. The number of hydrogen-bond acceptors (Lipinski definition) is 1. The Morgan fingerprint density at radius 2 is 1.16 bits per heavy atom. The lowest BCUT2D eigenvalue weighted by Gasteiger charge is -2.04. The maximum absolute atomic E-state index is 10.6. The first-order chi connectivity index (χ1) is 9.19. The van der Waals surface area contributed by atoms with Gasteiger partial charge in [0, 0.05) is 5.56 Å². The van der Waals surface area contributed by atoms with E-state index in [1.807, 2.05) is 24.3 Å². The van der Waals surface area contributed by atoms with Crippen molar-refractivity contribution in [2.45, 2.75) is 19.8 Å². The van der Waals surface area contributed by atoms with Crippen LogP contribution < -0.4 is 0 Å². The molecule has 0 spiro atoms. The van der Waals surface area contributed by atoms with Crippen molar-refractivity contribution in [3.05, 3.63) is 70.8 Å². The summed E-state index contributed by atoms with van der Waals surface area (Å²) in [5.74, 6) is 0.564. The van der Waals surface area contributed by atoms with Crippen molar-refractivity contribution in [3.63, 3.8) is 0 Å². The highest BCUT2D eigenvalue weighted by Crippen LogP contribution is 2.16. The minimum Gasteiger partial charge on any atom is -0.298 e. The van der Waals surface area contributed by atoms with E-state index in [1.165, 1.54) is 11.1 Å². The average molecular weight is 250 g/mol. The third kappa shape index (κ3) is 3.65. The first kappa shape index (κ1) is 13.3. The molecule has 0 saturated carbocycles. The highest BCUT2D eigenvalue weighted by atomic mass is 16.1. The SMILES string of the molecule is CC(C)c1ccc(/C=C/c2ccc(C=O)cc2)cc1. The van der Waals surface area contributed by atoms with E-state index in [4.69, 9.17) is 0 Å². The Hall–Kier alpha value is -2.15. The topological polar surface area (TPSA) is 17.1 Å². The summed E-state index contributed by atoms with van der Waals surface area (Å²) in [5, 5.41) is 0. The summed E-state index contributed by atoms with van der Waals surface area (Å²) in [6, 6.07) is 16.1. The van der Waals surface area contributed by atoms with Crippen LogP contribution >= 0.6 is 0 Å². The second kappa shape index (κ2) is 6.14. The maximum atomic E-state index is 10.6. The van der Waals surface area contributed by atoms with E-state index >= 15 is 0 Å². The van der Waals surface area contributed by atoms with Gasteiger partial charge in [-0.3, -0.25) is 4.79 Å². The summed E-state index contributed by atoms with van der Waals surface area (Å²) in [6.07, 6.45) is 5.00. The normalized spacial score (nSPS) is 11.1. The standard InChI is InChI=1S/C18H18O/c1-14(2)18-11-9-16(10-12-18)4-3-15-5-7-17(13-19)8-6-15/h3-14H,1-2H3/b4-3+. The fourth-order valence-corrected chi connectivity index (χ4v) is 1.87. The first-order valence-electron chi connectivity index (χ1n) is 6.52. The lowest BCUT2D eigenvalue weighted by atomic mass is 10.0. The third-order valence-corrected chi connectivity index (χ3v) is 3.14. The van der Waals surface area contributed by atoms with Crippen molar-refractivity contribution in [1.82, 2.24) is 0 Å². The molecule has 0 aromatic heterocycles. The number of carbonyl (C=O) groups excluding carboxylic acids is 1. The van der Waals surface area contributed by atoms with Crippen LogP contribution in [0.15, 0.2) is 48.5 Å². The average Bonchev–Trinajstić information content (AvgIpc) is 2.46. The molecule has 0 amide bonds. The molecule has 0 unspecified atom stereocenters. The Bertz CT molecular complexity index is 560. The molecule has 19 heavy (non-hydrogen) atoms. The number of benzene rings is 2. The van der Waals surface area contributed by atoms with E-state index in [9.17, 15) is 4.79 Å². The smallest absolute Gasteiger partial charge is 0.150 e. The van der Waals surface area contributed by atoms with E-state index < -0.39 is 0 Å². The van der Waals surface area contributed by atoms with Crippen LogP contribution in [-0.2, 0) is 0 Å². The molecule has 0 fully saturated rings. The van der Waals surface area contributed by atoms with Crippen LogP contribution in [0.1, 0.15) is 46.8 Å². The predicted molar refractivity (Wildman–Crippen MR) is 81.3 cm³/mol. The number of aldehydes is 1. The molecule has 2 aromatic carbocycles. The van der Waals surface area contributed by atoms with Gasteiger partial charge in [-0.25, -0.2) is 0 Å². The summed E-state index contributed by atoms with van der Waals surface area (Å²) in [6.45, 7) is 4.39. The van der Waals surface area contributed by atoms with E-state index in [1.54, 1.807) is 0 Å². The van der Waals surface area contributed by atoms with Gasteiger partial charge in [-0.2, -0.15) is 0 Å². The van der Waals surface area contributed by atoms with E-state index in [-0.39, 0.29) is 0 Å². The van der Waals surface area contributed by atoms with Crippen molar-refractivity contribution in [2.75, 3.05) is 0 Å². The summed E-state index contributed by atoms with van der Waals surface area (Å²) in [5.41, 5.74) is 4.34. The summed E-state index contributed by atoms with van der Waals surface area (Å²) < 4.78 is 0. The Morgan fingerprint density at radius 1 is 0.737 bits per heavy atom. The van der Waals surface area contributed by atoms with Crippen molar-refractivity contribution in [2.24, 2.45) is 0 Å². The molecule has 0 radical (unpaired) electrons. The van der Waals surface area contributed by atoms with Gasteiger partial charge >= 0.3 is 0 Å². The molecule has 0 saturated heterocycles. The molecule has 2 aromatic rings. The highest BCUT2D eigenvalue weighted by molar-refractivity contribution is 5.76. The van der Waals surface area contributed by atoms with Crippen LogP contribution in [0, 0.1) is 0 Å². The third-order valence-electron chi connectivity index (χ3n) is 3.14. The van der Waals surface area contributed by atoms with Crippen molar-refractivity contribution >= 4 is 18.4 Å². The molecule has 0 aliphatic rings. The Labute approximate surface area is 114 Å². The second-order valence-electron chi connectivity index (χ2n) is 4.94. The zero-order valence-electron chi connectivity index (χ0n) is 11.3. The van der Waals surface area contributed by atoms with Gasteiger partial charge in [-0.15, -0.1) is 0 Å². The molecule has 0 aliphatic carbocycles. The van der Waals surface area contributed by atoms with Crippen molar-refractivity contribution < 1.29 is 4.79 Å². The van der Waals surface area contributed by atoms with Crippen LogP contribution in [0.2, 0.25) is 0 Å². The molecule has 0 N–H and O–H groups in total. The highest BCUT2D eigenvalue weighted by Gasteiger charge is 1.97. The minimum atomic E-state index is 0.564. The van der Waals surface area contributed by atoms with Crippen molar-refractivity contribution in [1.29, 1.82) is 0 Å². The molecule has 1 nitrogen and oxygen atoms in total. The Morgan fingerprint density at radius 3 is 1.58 bits per heavy atom.